The lowest BCUT2D eigenvalue weighted by Gasteiger charge is -2.36. The van der Waals surface area contributed by atoms with Crippen LogP contribution in [0, 0.1) is 0 Å². The van der Waals surface area contributed by atoms with E-state index in [1.807, 2.05) is 114 Å². The molecule has 2 aromatic heterocycles. The number of nitrogens with one attached hydrogen (secondary N) is 1. The van der Waals surface area contributed by atoms with Gasteiger partial charge >= 0.3 is 0 Å². The monoisotopic (exact) mass is 608 g/mol. The van der Waals surface area contributed by atoms with E-state index in [2.05, 4.69) is 63.8 Å². The number of tetrazole rings is 1. The fraction of sp³-hybridized carbons (Fsp3) is 0.0250. The first-order valence-corrected chi connectivity index (χ1v) is 15.4. The van der Waals surface area contributed by atoms with Gasteiger partial charge in [-0.2, -0.15) is 0 Å². The molecule has 0 atom stereocenters. The first kappa shape index (κ1) is 28.0. The largest absolute Gasteiger partial charge is 0.306 e. The minimum absolute atomic E-state index is 0.161. The lowest BCUT2D eigenvalue weighted by molar-refractivity contribution is 0.451. The van der Waals surface area contributed by atoms with Gasteiger partial charge in [-0.1, -0.05) is 152 Å². The number of rotatable bonds is 7. The Morgan fingerprint density at radius 1 is 0.532 bits per heavy atom. The number of nitrogens with zero attached hydrogens (tertiary/aromatic N) is 5. The number of fused-ring (bicyclic) bond motifs is 1. The molecule has 0 aliphatic rings. The fourth-order valence-corrected chi connectivity index (χ4v) is 6.45. The highest BCUT2D eigenvalue weighted by Crippen LogP contribution is 2.43. The maximum atomic E-state index is 12.7. The molecule has 0 fully saturated rings. The molecule has 6 aromatic carbocycles. The van der Waals surface area contributed by atoms with E-state index >= 15 is 0 Å². The lowest BCUT2D eigenvalue weighted by atomic mass is 9.77. The Bertz CT molecular complexity index is 2270. The molecule has 0 amide bonds. The molecule has 0 aliphatic heterocycles. The average Bonchev–Trinajstić information content (AvgIpc) is 3.63. The van der Waals surface area contributed by atoms with Crippen molar-refractivity contribution >= 4 is 10.9 Å². The van der Waals surface area contributed by atoms with E-state index in [1.54, 1.807) is 6.07 Å². The Labute approximate surface area is 270 Å². The molecule has 47 heavy (non-hydrogen) atoms. The molecule has 0 saturated carbocycles. The molecular weight excluding hydrogens is 580 g/mol. The molecule has 2 heterocycles. The van der Waals surface area contributed by atoms with Gasteiger partial charge in [-0.15, -0.1) is 5.10 Å². The van der Waals surface area contributed by atoms with E-state index in [0.29, 0.717) is 22.6 Å². The van der Waals surface area contributed by atoms with Crippen molar-refractivity contribution in [1.29, 1.82) is 0 Å². The number of aromatic nitrogens is 6. The first-order chi connectivity index (χ1) is 23.2. The van der Waals surface area contributed by atoms with Crippen LogP contribution >= 0.6 is 0 Å². The van der Waals surface area contributed by atoms with Crippen LogP contribution in [0.4, 0.5) is 0 Å². The third kappa shape index (κ3) is 4.82. The summed E-state index contributed by atoms with van der Waals surface area (Å²) < 4.78 is 1.95. The van der Waals surface area contributed by atoms with Crippen molar-refractivity contribution in [1.82, 2.24) is 30.2 Å². The van der Waals surface area contributed by atoms with Gasteiger partial charge < -0.3 is 4.98 Å². The van der Waals surface area contributed by atoms with E-state index in [1.165, 1.54) is 0 Å². The average molecular weight is 609 g/mol. The maximum absolute atomic E-state index is 12.7. The van der Waals surface area contributed by atoms with E-state index in [9.17, 15) is 4.79 Å². The van der Waals surface area contributed by atoms with Crippen molar-refractivity contribution in [2.24, 2.45) is 0 Å². The molecule has 0 bridgehead atoms. The molecule has 0 unspecified atom stereocenters. The Hall–Kier alpha value is -6.47. The second kappa shape index (κ2) is 11.8. The number of hydrogen-bond acceptors (Lipinski definition) is 5. The SMILES string of the molecule is O=c1[nH]c(-c2ccc(-c3ccccc3-c3nnnn3C(c3ccccc3)(c3ccccc3)c3ccccc3)cc2)nc2ccccc12. The summed E-state index contributed by atoms with van der Waals surface area (Å²) in [6.07, 6.45) is 0. The summed E-state index contributed by atoms with van der Waals surface area (Å²) in [6, 6.07) is 54.6. The third-order valence-electron chi connectivity index (χ3n) is 8.61. The first-order valence-electron chi connectivity index (χ1n) is 15.4. The van der Waals surface area contributed by atoms with E-state index in [0.717, 1.165) is 38.9 Å². The summed E-state index contributed by atoms with van der Waals surface area (Å²) in [5.74, 6) is 1.15. The number of benzene rings is 6. The Morgan fingerprint density at radius 2 is 1.04 bits per heavy atom. The topological polar surface area (TPSA) is 89.4 Å². The fourth-order valence-electron chi connectivity index (χ4n) is 6.45. The molecule has 7 heteroatoms. The van der Waals surface area contributed by atoms with E-state index in [4.69, 9.17) is 10.2 Å². The van der Waals surface area contributed by atoms with Crippen LogP contribution in [-0.2, 0) is 5.54 Å². The number of aromatic amines is 1. The zero-order valence-corrected chi connectivity index (χ0v) is 25.2. The molecule has 0 saturated heterocycles. The van der Waals surface area contributed by atoms with Crippen LogP contribution in [0.2, 0.25) is 0 Å². The predicted molar refractivity (Wildman–Crippen MR) is 185 cm³/mol. The summed E-state index contributed by atoms with van der Waals surface area (Å²) >= 11 is 0. The molecule has 0 radical (unpaired) electrons. The minimum Gasteiger partial charge on any atom is -0.306 e. The molecule has 8 aromatic rings. The smallest absolute Gasteiger partial charge is 0.259 e. The summed E-state index contributed by atoms with van der Waals surface area (Å²) in [4.78, 5) is 20.4. The summed E-state index contributed by atoms with van der Waals surface area (Å²) in [5.41, 5.74) is 6.37. The maximum Gasteiger partial charge on any atom is 0.259 e. The van der Waals surface area contributed by atoms with Gasteiger partial charge in [-0.3, -0.25) is 4.79 Å². The van der Waals surface area contributed by atoms with Gasteiger partial charge in [0.15, 0.2) is 5.82 Å². The van der Waals surface area contributed by atoms with Gasteiger partial charge in [-0.25, -0.2) is 9.67 Å². The van der Waals surface area contributed by atoms with Crippen LogP contribution in [0.1, 0.15) is 16.7 Å². The lowest BCUT2D eigenvalue weighted by Crippen LogP contribution is -2.39. The molecule has 0 spiro atoms. The zero-order chi connectivity index (χ0) is 31.6. The van der Waals surface area contributed by atoms with Crippen LogP contribution < -0.4 is 5.56 Å². The van der Waals surface area contributed by atoms with Crippen molar-refractivity contribution in [3.05, 3.63) is 191 Å². The summed E-state index contributed by atoms with van der Waals surface area (Å²) in [7, 11) is 0. The van der Waals surface area contributed by atoms with Crippen molar-refractivity contribution < 1.29 is 0 Å². The minimum atomic E-state index is -0.868. The highest BCUT2D eigenvalue weighted by Gasteiger charge is 2.42. The Morgan fingerprint density at radius 3 is 1.66 bits per heavy atom. The van der Waals surface area contributed by atoms with Crippen LogP contribution in [-0.4, -0.2) is 30.2 Å². The van der Waals surface area contributed by atoms with Crippen LogP contribution in [0.3, 0.4) is 0 Å². The molecule has 8 rings (SSSR count). The molecule has 224 valence electrons. The standard InChI is InChI=1S/C40H28N6O/c47-39-35-22-12-13-23-36(35)41-37(42-39)29-26-24-28(25-27-29)33-20-10-11-21-34(33)38-43-44-45-46(38)40(30-14-4-1-5-15-30,31-16-6-2-7-17-31)32-18-8-3-9-19-32/h1-27H,(H,41,42,47). The highest BCUT2D eigenvalue weighted by atomic mass is 16.1. The van der Waals surface area contributed by atoms with Gasteiger partial charge in [0.05, 0.1) is 10.9 Å². The van der Waals surface area contributed by atoms with E-state index in [-0.39, 0.29) is 5.56 Å². The van der Waals surface area contributed by atoms with Gasteiger partial charge in [0.2, 0.25) is 0 Å². The number of H-pyrrole nitrogens is 1. The summed E-state index contributed by atoms with van der Waals surface area (Å²) in [6.45, 7) is 0. The van der Waals surface area contributed by atoms with Crippen LogP contribution in [0.15, 0.2) is 169 Å². The highest BCUT2D eigenvalue weighted by molar-refractivity contribution is 5.83. The molecule has 0 aliphatic carbocycles. The zero-order valence-electron chi connectivity index (χ0n) is 25.2. The normalized spacial score (nSPS) is 11.5. The van der Waals surface area contributed by atoms with Crippen molar-refractivity contribution in [2.45, 2.75) is 5.54 Å². The third-order valence-corrected chi connectivity index (χ3v) is 8.61. The van der Waals surface area contributed by atoms with E-state index < -0.39 is 5.54 Å². The quantitative estimate of drug-likeness (QED) is 0.187. The van der Waals surface area contributed by atoms with Crippen molar-refractivity contribution in [3.63, 3.8) is 0 Å². The Kier molecular flexibility index (Phi) is 7.04. The van der Waals surface area contributed by atoms with Gasteiger partial charge in [0, 0.05) is 11.1 Å². The number of hydrogen-bond donors (Lipinski definition) is 1. The van der Waals surface area contributed by atoms with Gasteiger partial charge in [0.25, 0.3) is 5.56 Å². The molecule has 7 nitrogen and oxygen atoms in total. The predicted octanol–water partition coefficient (Wildman–Crippen LogP) is 7.75. The van der Waals surface area contributed by atoms with Crippen LogP contribution in [0.25, 0.3) is 44.8 Å². The van der Waals surface area contributed by atoms with Crippen molar-refractivity contribution in [3.8, 4) is 33.9 Å². The van der Waals surface area contributed by atoms with Crippen LogP contribution in [0.5, 0.6) is 0 Å². The summed E-state index contributed by atoms with van der Waals surface area (Å²) in [5, 5.41) is 14.3. The second-order valence-corrected chi connectivity index (χ2v) is 11.3. The molecule has 1 N–H and O–H groups in total. The number of para-hydroxylation sites is 1. The Balaban J connectivity index is 1.29. The van der Waals surface area contributed by atoms with Crippen molar-refractivity contribution in [2.75, 3.05) is 0 Å². The van der Waals surface area contributed by atoms with Gasteiger partial charge in [-0.05, 0) is 50.4 Å². The second-order valence-electron chi connectivity index (χ2n) is 11.3. The molecular formula is C40H28N6O. The van der Waals surface area contributed by atoms with Gasteiger partial charge in [0.1, 0.15) is 11.4 Å².